The summed E-state index contributed by atoms with van der Waals surface area (Å²) in [6.07, 6.45) is 1.71. The molecule has 4 heteroatoms. The molecule has 0 fully saturated rings. The number of hydrogen-bond donors (Lipinski definition) is 1. The highest BCUT2D eigenvalue weighted by molar-refractivity contribution is 9.10. The highest BCUT2D eigenvalue weighted by Crippen LogP contribution is 2.27. The summed E-state index contributed by atoms with van der Waals surface area (Å²) in [6, 6.07) is 16.1. The molecule has 1 heterocycles. The molecule has 0 amide bonds. The summed E-state index contributed by atoms with van der Waals surface area (Å²) in [5.74, 6) is 0. The van der Waals surface area contributed by atoms with Gasteiger partial charge in [-0.25, -0.2) is 0 Å². The molecule has 0 saturated carbocycles. The molecule has 0 aliphatic rings. The lowest BCUT2D eigenvalue weighted by Gasteiger charge is -2.11. The first-order valence-corrected chi connectivity index (χ1v) is 7.43. The largest absolute Gasteiger partial charge is 0.381 e. The van der Waals surface area contributed by atoms with Crippen LogP contribution < -0.4 is 5.32 Å². The SMILES string of the molecule is Clc1cnc2ccc(Br)cc2c1CNc1ccccc1. The molecule has 0 unspecified atom stereocenters. The van der Waals surface area contributed by atoms with Crippen molar-refractivity contribution in [1.29, 1.82) is 0 Å². The van der Waals surface area contributed by atoms with Gasteiger partial charge in [0, 0.05) is 33.9 Å². The third-order valence-corrected chi connectivity index (χ3v) is 3.95. The molecule has 0 radical (unpaired) electrons. The number of pyridine rings is 1. The maximum absolute atomic E-state index is 6.30. The lowest BCUT2D eigenvalue weighted by molar-refractivity contribution is 1.16. The van der Waals surface area contributed by atoms with E-state index in [9.17, 15) is 0 Å². The summed E-state index contributed by atoms with van der Waals surface area (Å²) in [6.45, 7) is 0.665. The Hall–Kier alpha value is -1.58. The van der Waals surface area contributed by atoms with Crippen molar-refractivity contribution >= 4 is 44.1 Å². The zero-order valence-electron chi connectivity index (χ0n) is 10.6. The van der Waals surface area contributed by atoms with Crippen molar-refractivity contribution in [2.75, 3.05) is 5.32 Å². The van der Waals surface area contributed by atoms with Crippen LogP contribution in [-0.4, -0.2) is 4.98 Å². The van der Waals surface area contributed by atoms with Gasteiger partial charge in [0.15, 0.2) is 0 Å². The van der Waals surface area contributed by atoms with Crippen molar-refractivity contribution < 1.29 is 0 Å². The fourth-order valence-corrected chi connectivity index (χ4v) is 2.70. The Balaban J connectivity index is 1.97. The molecular weight excluding hydrogens is 336 g/mol. The first-order chi connectivity index (χ1) is 9.74. The zero-order valence-corrected chi connectivity index (χ0v) is 12.9. The number of aromatic nitrogens is 1. The Morgan fingerprint density at radius 2 is 1.90 bits per heavy atom. The van der Waals surface area contributed by atoms with Gasteiger partial charge in [0.1, 0.15) is 0 Å². The van der Waals surface area contributed by atoms with Crippen LogP contribution in [-0.2, 0) is 6.54 Å². The minimum Gasteiger partial charge on any atom is -0.381 e. The normalized spacial score (nSPS) is 10.7. The molecule has 2 aromatic carbocycles. The van der Waals surface area contributed by atoms with Gasteiger partial charge in [-0.1, -0.05) is 45.7 Å². The van der Waals surface area contributed by atoms with Gasteiger partial charge in [0.2, 0.25) is 0 Å². The standard InChI is InChI=1S/C16H12BrClN2/c17-11-6-7-16-13(8-11)14(15(18)10-20-16)9-19-12-4-2-1-3-5-12/h1-8,10,19H,9H2. The molecule has 0 aliphatic carbocycles. The molecule has 100 valence electrons. The molecule has 20 heavy (non-hydrogen) atoms. The molecule has 0 atom stereocenters. The monoisotopic (exact) mass is 346 g/mol. The summed E-state index contributed by atoms with van der Waals surface area (Å²) in [5.41, 5.74) is 3.08. The fourth-order valence-electron chi connectivity index (χ4n) is 2.12. The van der Waals surface area contributed by atoms with E-state index in [0.29, 0.717) is 11.6 Å². The predicted octanol–water partition coefficient (Wildman–Crippen LogP) is 5.26. The number of fused-ring (bicyclic) bond motifs is 1. The van der Waals surface area contributed by atoms with Crippen LogP contribution >= 0.6 is 27.5 Å². The van der Waals surface area contributed by atoms with Gasteiger partial charge in [-0.3, -0.25) is 4.98 Å². The number of nitrogens with one attached hydrogen (secondary N) is 1. The van der Waals surface area contributed by atoms with Gasteiger partial charge in [-0.2, -0.15) is 0 Å². The van der Waals surface area contributed by atoms with Crippen molar-refractivity contribution in [2.45, 2.75) is 6.54 Å². The molecule has 0 bridgehead atoms. The third-order valence-electron chi connectivity index (χ3n) is 3.13. The highest BCUT2D eigenvalue weighted by Gasteiger charge is 2.08. The smallest absolute Gasteiger partial charge is 0.0707 e. The van der Waals surface area contributed by atoms with Crippen molar-refractivity contribution in [1.82, 2.24) is 4.98 Å². The van der Waals surface area contributed by atoms with Crippen LogP contribution in [0.3, 0.4) is 0 Å². The van der Waals surface area contributed by atoms with Gasteiger partial charge in [-0.05, 0) is 30.3 Å². The molecule has 1 aromatic heterocycles. The van der Waals surface area contributed by atoms with E-state index in [4.69, 9.17) is 11.6 Å². The highest BCUT2D eigenvalue weighted by atomic mass is 79.9. The van der Waals surface area contributed by atoms with E-state index in [1.54, 1.807) is 6.20 Å². The van der Waals surface area contributed by atoms with Gasteiger partial charge in [0.05, 0.1) is 10.5 Å². The van der Waals surface area contributed by atoms with Crippen molar-refractivity contribution in [2.24, 2.45) is 0 Å². The van der Waals surface area contributed by atoms with E-state index in [-0.39, 0.29) is 0 Å². The van der Waals surface area contributed by atoms with Crippen LogP contribution in [0.2, 0.25) is 5.02 Å². The first-order valence-electron chi connectivity index (χ1n) is 6.25. The van der Waals surface area contributed by atoms with E-state index >= 15 is 0 Å². The average Bonchev–Trinajstić information content (AvgIpc) is 2.47. The van der Waals surface area contributed by atoms with Crippen LogP contribution in [0.15, 0.2) is 59.2 Å². The fraction of sp³-hybridized carbons (Fsp3) is 0.0625. The molecule has 0 aliphatic heterocycles. The zero-order chi connectivity index (χ0) is 13.9. The molecule has 1 N–H and O–H groups in total. The molecule has 0 spiro atoms. The quantitative estimate of drug-likeness (QED) is 0.699. The average molecular weight is 348 g/mol. The van der Waals surface area contributed by atoms with Gasteiger partial charge < -0.3 is 5.32 Å². The number of nitrogens with zero attached hydrogens (tertiary/aromatic N) is 1. The topological polar surface area (TPSA) is 24.9 Å². The van der Waals surface area contributed by atoms with Crippen LogP contribution in [0.5, 0.6) is 0 Å². The van der Waals surface area contributed by atoms with Gasteiger partial charge in [0.25, 0.3) is 0 Å². The Morgan fingerprint density at radius 3 is 2.70 bits per heavy atom. The number of anilines is 1. The Morgan fingerprint density at radius 1 is 1.10 bits per heavy atom. The Labute approximate surface area is 130 Å². The van der Waals surface area contributed by atoms with Gasteiger partial charge >= 0.3 is 0 Å². The Bertz CT molecular complexity index is 739. The molecule has 2 nitrogen and oxygen atoms in total. The molecule has 3 rings (SSSR count). The number of hydrogen-bond acceptors (Lipinski definition) is 2. The second kappa shape index (κ2) is 5.81. The number of benzene rings is 2. The van der Waals surface area contributed by atoms with Crippen molar-refractivity contribution in [3.05, 3.63) is 69.8 Å². The summed E-state index contributed by atoms with van der Waals surface area (Å²) in [4.78, 5) is 4.36. The van der Waals surface area contributed by atoms with Crippen LogP contribution in [0, 0.1) is 0 Å². The van der Waals surface area contributed by atoms with E-state index in [2.05, 4.69) is 32.3 Å². The van der Waals surface area contributed by atoms with E-state index in [0.717, 1.165) is 26.6 Å². The van der Waals surface area contributed by atoms with E-state index in [1.165, 1.54) is 0 Å². The lowest BCUT2D eigenvalue weighted by atomic mass is 10.1. The van der Waals surface area contributed by atoms with E-state index in [1.807, 2.05) is 42.5 Å². The number of para-hydroxylation sites is 1. The summed E-state index contributed by atoms with van der Waals surface area (Å²) >= 11 is 9.80. The van der Waals surface area contributed by atoms with Crippen molar-refractivity contribution in [3.8, 4) is 0 Å². The number of halogens is 2. The summed E-state index contributed by atoms with van der Waals surface area (Å²) < 4.78 is 1.02. The lowest BCUT2D eigenvalue weighted by Crippen LogP contribution is -2.01. The number of rotatable bonds is 3. The van der Waals surface area contributed by atoms with Crippen LogP contribution in [0.4, 0.5) is 5.69 Å². The maximum atomic E-state index is 6.30. The summed E-state index contributed by atoms with van der Waals surface area (Å²) in [5, 5.41) is 5.13. The van der Waals surface area contributed by atoms with Crippen molar-refractivity contribution in [3.63, 3.8) is 0 Å². The second-order valence-electron chi connectivity index (χ2n) is 4.47. The minimum atomic E-state index is 0.665. The Kier molecular flexibility index (Phi) is 3.90. The second-order valence-corrected chi connectivity index (χ2v) is 5.79. The molecule has 0 saturated heterocycles. The molecule has 3 aromatic rings. The minimum absolute atomic E-state index is 0.665. The van der Waals surface area contributed by atoms with E-state index < -0.39 is 0 Å². The molecular formula is C16H12BrClN2. The maximum Gasteiger partial charge on any atom is 0.0707 e. The first kappa shape index (κ1) is 13.4. The van der Waals surface area contributed by atoms with Gasteiger partial charge in [-0.15, -0.1) is 0 Å². The third kappa shape index (κ3) is 2.79. The van der Waals surface area contributed by atoms with Crippen LogP contribution in [0.25, 0.3) is 10.9 Å². The predicted molar refractivity (Wildman–Crippen MR) is 88.2 cm³/mol. The summed E-state index contributed by atoms with van der Waals surface area (Å²) in [7, 11) is 0. The van der Waals surface area contributed by atoms with Crippen LogP contribution in [0.1, 0.15) is 5.56 Å².